The van der Waals surface area contributed by atoms with Gasteiger partial charge in [-0.3, -0.25) is 0 Å². The summed E-state index contributed by atoms with van der Waals surface area (Å²) in [6.45, 7) is 1.87. The first kappa shape index (κ1) is 24.6. The van der Waals surface area contributed by atoms with Crippen LogP contribution in [0.2, 0.25) is 0 Å². The molecule has 0 saturated carbocycles. The van der Waals surface area contributed by atoms with Crippen molar-refractivity contribution in [3.05, 3.63) is 94.6 Å². The summed E-state index contributed by atoms with van der Waals surface area (Å²) < 4.78 is 58.4. The zero-order valence-electron chi connectivity index (χ0n) is 15.8. The Hall–Kier alpha value is -0.694. The largest absolute Gasteiger partial charge is 1.00 e. The van der Waals surface area contributed by atoms with E-state index in [-0.39, 0.29) is 61.2 Å². The minimum atomic E-state index is -4.09. The van der Waals surface area contributed by atoms with E-state index < -0.39 is 30.9 Å². The number of benzene rings is 3. The Morgan fingerprint density at radius 3 is 1.72 bits per heavy atom. The van der Waals surface area contributed by atoms with Crippen LogP contribution in [0.15, 0.2) is 103 Å². The Bertz CT molecular complexity index is 1200. The van der Waals surface area contributed by atoms with Gasteiger partial charge in [0, 0.05) is 9.79 Å². The molecule has 29 heavy (non-hydrogen) atoms. The molecule has 0 fully saturated rings. The van der Waals surface area contributed by atoms with E-state index in [4.69, 9.17) is 0 Å². The predicted octanol–water partition coefficient (Wildman–Crippen LogP) is 1.23. The molecule has 0 N–H and O–H groups in total. The van der Waals surface area contributed by atoms with Crippen LogP contribution >= 0.6 is 0 Å². The van der Waals surface area contributed by atoms with E-state index in [1.807, 2.05) is 6.92 Å². The monoisotopic (exact) mass is 472 g/mol. The van der Waals surface area contributed by atoms with Gasteiger partial charge in [0.25, 0.3) is 10.0 Å². The summed E-state index contributed by atoms with van der Waals surface area (Å²) in [6, 6.07) is 22.0. The number of hydrogen-bond acceptors (Lipinski definition) is 4. The van der Waals surface area contributed by atoms with Crippen LogP contribution in [0.25, 0.3) is 4.13 Å². The van der Waals surface area contributed by atoms with Crippen LogP contribution in [-0.4, -0.2) is 16.8 Å². The second-order valence-electron chi connectivity index (χ2n) is 5.80. The molecule has 0 aliphatic carbocycles. The minimum Gasteiger partial charge on any atom is -0.472 e. The first-order valence-electron chi connectivity index (χ1n) is 8.15. The third-order valence-electron chi connectivity index (χ3n) is 3.65. The fourth-order valence-electron chi connectivity index (χ4n) is 2.22. The fraction of sp³-hybridized carbons (Fsp3) is 0.0526. The smallest absolute Gasteiger partial charge is 0.472 e. The molecule has 3 rings (SSSR count). The van der Waals surface area contributed by atoms with Gasteiger partial charge < -0.3 is 4.13 Å². The molecule has 0 aliphatic rings. The number of nitrogens with zero attached hydrogens (tertiary/aromatic N) is 2. The van der Waals surface area contributed by atoms with E-state index in [0.29, 0.717) is 4.90 Å². The van der Waals surface area contributed by atoms with Crippen molar-refractivity contribution in [3.8, 4) is 0 Å². The molecule has 6 nitrogen and oxygen atoms in total. The van der Waals surface area contributed by atoms with Crippen molar-refractivity contribution in [3.63, 3.8) is 0 Å². The third kappa shape index (κ3) is 6.64. The molecule has 0 amide bonds. The van der Waals surface area contributed by atoms with Crippen LogP contribution in [0, 0.1) is 6.92 Å². The van der Waals surface area contributed by atoms with Gasteiger partial charge in [-0.1, -0.05) is 54.1 Å². The van der Waals surface area contributed by atoms with E-state index in [1.54, 1.807) is 60.7 Å². The van der Waals surface area contributed by atoms with Crippen molar-refractivity contribution in [2.24, 2.45) is 3.77 Å². The zero-order chi connectivity index (χ0) is 20.2. The molecule has 3 aromatic carbocycles. The summed E-state index contributed by atoms with van der Waals surface area (Å²) in [4.78, 5) is 0.350. The van der Waals surface area contributed by atoms with Gasteiger partial charge in [0.2, 0.25) is 0 Å². The number of hydrogen-bond donors (Lipinski definition) is 0. The summed E-state index contributed by atoms with van der Waals surface area (Å²) in [7, 11) is -9.95. The molecule has 10 heteroatoms. The van der Waals surface area contributed by atoms with Gasteiger partial charge in [-0.05, 0) is 43.3 Å². The molecule has 0 spiro atoms. The standard InChI is InChI=1S/C19H17N2O4S3.K/c1-16-12-14-17(15-13-16)26(20-27(22,23)18-8-4-2-5-9-18)21-28(24,25)19-10-6-3-7-11-19;/h2-15H,1H3;/q-1;+1. The molecule has 0 bridgehead atoms. The summed E-state index contributed by atoms with van der Waals surface area (Å²) in [6.07, 6.45) is 0. The molecule has 1 unspecified atom stereocenters. The van der Waals surface area contributed by atoms with Crippen molar-refractivity contribution in [1.29, 1.82) is 0 Å². The Kier molecular flexibility index (Phi) is 8.95. The first-order valence-corrected chi connectivity index (χ1v) is 12.2. The summed E-state index contributed by atoms with van der Waals surface area (Å²) in [5.74, 6) is 0. The third-order valence-corrected chi connectivity index (χ3v) is 8.78. The van der Waals surface area contributed by atoms with Gasteiger partial charge in [0.15, 0.2) is 0 Å². The SMILES string of the molecule is Cc1ccc(/S(=N\S(=O)(=O)c2ccccc2)[N-]S(=O)(=O)c2ccccc2)cc1.[K+]. The molecule has 3 aromatic rings. The van der Waals surface area contributed by atoms with Gasteiger partial charge in [0.05, 0.1) is 4.90 Å². The second-order valence-corrected chi connectivity index (χ2v) is 10.8. The van der Waals surface area contributed by atoms with Crippen LogP contribution < -0.4 is 51.4 Å². The number of sulfonamides is 2. The molecular formula is C19H17KN2O4S3. The van der Waals surface area contributed by atoms with Gasteiger partial charge in [-0.2, -0.15) is 12.2 Å². The molecule has 0 aliphatic heterocycles. The summed E-state index contributed by atoms with van der Waals surface area (Å²) >= 11 is 0. The molecule has 0 heterocycles. The van der Waals surface area contributed by atoms with Crippen LogP contribution in [0.4, 0.5) is 0 Å². The van der Waals surface area contributed by atoms with Crippen LogP contribution in [0.1, 0.15) is 5.56 Å². The Morgan fingerprint density at radius 1 is 0.724 bits per heavy atom. The molecule has 1 atom stereocenters. The zero-order valence-corrected chi connectivity index (χ0v) is 21.4. The van der Waals surface area contributed by atoms with Crippen LogP contribution in [-0.2, 0) is 30.9 Å². The average molecular weight is 473 g/mol. The Morgan fingerprint density at radius 2 is 1.21 bits per heavy atom. The average Bonchev–Trinajstić information content (AvgIpc) is 2.69. The second kappa shape index (κ2) is 10.6. The molecule has 0 aromatic heterocycles. The van der Waals surface area contributed by atoms with Crippen molar-refractivity contribution in [2.75, 3.05) is 0 Å². The normalized spacial score (nSPS) is 12.9. The molecule has 0 saturated heterocycles. The van der Waals surface area contributed by atoms with E-state index >= 15 is 0 Å². The predicted molar refractivity (Wildman–Crippen MR) is 110 cm³/mol. The van der Waals surface area contributed by atoms with Gasteiger partial charge >= 0.3 is 51.4 Å². The maximum absolute atomic E-state index is 12.7. The van der Waals surface area contributed by atoms with Gasteiger partial charge in [0.1, 0.15) is 10.0 Å². The quantitative estimate of drug-likeness (QED) is 0.504. The van der Waals surface area contributed by atoms with E-state index in [1.165, 1.54) is 24.3 Å². The summed E-state index contributed by atoms with van der Waals surface area (Å²) in [5.41, 5.74) is 0.948. The van der Waals surface area contributed by atoms with Gasteiger partial charge in [-0.15, -0.1) is 10.9 Å². The summed E-state index contributed by atoms with van der Waals surface area (Å²) in [5, 5.41) is 0. The molecular weight excluding hydrogens is 456 g/mol. The number of rotatable bonds is 6. The van der Waals surface area contributed by atoms with Crippen LogP contribution in [0.5, 0.6) is 0 Å². The maximum atomic E-state index is 12.7. The first-order chi connectivity index (χ1) is 13.3. The number of aryl methyl sites for hydroxylation is 1. The van der Waals surface area contributed by atoms with E-state index in [9.17, 15) is 16.8 Å². The van der Waals surface area contributed by atoms with E-state index in [2.05, 4.69) is 7.90 Å². The molecule has 146 valence electrons. The van der Waals surface area contributed by atoms with E-state index in [0.717, 1.165) is 5.56 Å². The topological polar surface area (TPSA) is 94.7 Å². The van der Waals surface area contributed by atoms with Crippen molar-refractivity contribution in [2.45, 2.75) is 21.6 Å². The minimum absolute atomic E-state index is 0. The van der Waals surface area contributed by atoms with Crippen LogP contribution in [0.3, 0.4) is 0 Å². The Labute approximate surface area is 216 Å². The fourth-order valence-corrected chi connectivity index (χ4v) is 6.82. The van der Waals surface area contributed by atoms with Crippen molar-refractivity contribution >= 4 is 30.9 Å². The molecule has 0 radical (unpaired) electrons. The Balaban J connectivity index is 0.00000300. The van der Waals surface area contributed by atoms with Gasteiger partial charge in [-0.25, -0.2) is 8.42 Å². The van der Waals surface area contributed by atoms with Crippen molar-refractivity contribution < 1.29 is 68.2 Å². The van der Waals surface area contributed by atoms with Crippen molar-refractivity contribution in [1.82, 2.24) is 0 Å². The maximum Gasteiger partial charge on any atom is 1.00 e.